The molecule has 1 aromatic heterocycles. The molecule has 0 radical (unpaired) electrons. The van der Waals surface area contributed by atoms with Crippen LogP contribution in [0.3, 0.4) is 0 Å². The first-order valence-corrected chi connectivity index (χ1v) is 15.1. The maximum Gasteiger partial charge on any atom is 0.511 e. The van der Waals surface area contributed by atoms with E-state index in [0.717, 1.165) is 73.3 Å². The van der Waals surface area contributed by atoms with Gasteiger partial charge in [0.1, 0.15) is 17.2 Å². The molecule has 0 aliphatic carbocycles. The number of likely N-dealkylation sites (tertiary alicyclic amines) is 1. The Morgan fingerprint density at radius 2 is 1.89 bits per heavy atom. The first-order valence-electron chi connectivity index (χ1n) is 15.1. The van der Waals surface area contributed by atoms with E-state index >= 15 is 0 Å². The maximum absolute atomic E-state index is 13.4. The third-order valence-corrected chi connectivity index (χ3v) is 8.47. The molecule has 2 aliphatic rings. The molecule has 0 atom stereocenters. The summed E-state index contributed by atoms with van der Waals surface area (Å²) in [4.78, 5) is 36.8. The molecule has 0 unspecified atom stereocenters. The molecule has 1 fully saturated rings. The van der Waals surface area contributed by atoms with Crippen molar-refractivity contribution in [3.05, 3.63) is 65.5 Å². The molecule has 0 spiro atoms. The van der Waals surface area contributed by atoms with Crippen LogP contribution < -0.4 is 15.8 Å². The van der Waals surface area contributed by atoms with Crippen LogP contribution in [0, 0.1) is 11.3 Å². The molecule has 3 heterocycles. The lowest BCUT2D eigenvalue weighted by Gasteiger charge is -2.32. The Bertz CT molecular complexity index is 1800. The molecule has 0 saturated carbocycles. The molecule has 11 heteroatoms. The quantitative estimate of drug-likeness (QED) is 0.0944. The normalized spacial score (nSPS) is 15.6. The van der Waals surface area contributed by atoms with Crippen LogP contribution in [0.15, 0.2) is 53.5 Å². The number of aromatic nitrogens is 2. The number of hydrogen-bond acceptors (Lipinski definition) is 7. The van der Waals surface area contributed by atoms with Crippen molar-refractivity contribution >= 4 is 51.2 Å². The maximum atomic E-state index is 13.4. The van der Waals surface area contributed by atoms with Gasteiger partial charge in [-0.1, -0.05) is 38.1 Å². The Morgan fingerprint density at radius 1 is 1.11 bits per heavy atom. The number of carbonyl (C=O) groups excluding carboxylic acids is 1. The summed E-state index contributed by atoms with van der Waals surface area (Å²) >= 11 is 0. The highest BCUT2D eigenvalue weighted by Gasteiger charge is 2.28. The zero-order valence-electron chi connectivity index (χ0n) is 25.0. The number of aliphatic imine (C=N–C) groups is 1. The van der Waals surface area contributed by atoms with Gasteiger partial charge in [0.25, 0.3) is 0 Å². The summed E-state index contributed by atoms with van der Waals surface area (Å²) in [5.74, 6) is 1.78. The van der Waals surface area contributed by atoms with Gasteiger partial charge in [0.15, 0.2) is 5.75 Å². The summed E-state index contributed by atoms with van der Waals surface area (Å²) in [5, 5.41) is 22.4. The number of anilines is 1. The highest BCUT2D eigenvalue weighted by molar-refractivity contribution is 5.99. The Kier molecular flexibility index (Phi) is 7.94. The molecule has 44 heavy (non-hydrogen) atoms. The minimum Gasteiger partial charge on any atom is -0.449 e. The van der Waals surface area contributed by atoms with Crippen LogP contribution in [0.2, 0.25) is 0 Å². The predicted octanol–water partition coefficient (Wildman–Crippen LogP) is 5.54. The lowest BCUT2D eigenvalue weighted by atomic mass is 9.95. The molecule has 4 aromatic rings. The third-order valence-electron chi connectivity index (χ3n) is 8.47. The summed E-state index contributed by atoms with van der Waals surface area (Å²) < 4.78 is 7.24. The molecular formula is C33H37N7O4. The van der Waals surface area contributed by atoms with Crippen molar-refractivity contribution < 1.29 is 19.4 Å². The molecule has 1 amide bonds. The van der Waals surface area contributed by atoms with E-state index in [9.17, 15) is 14.7 Å². The van der Waals surface area contributed by atoms with Crippen molar-refractivity contribution in [3.8, 4) is 5.75 Å². The van der Waals surface area contributed by atoms with Gasteiger partial charge in [-0.2, -0.15) is 0 Å². The molecule has 6 rings (SSSR count). The number of nitrogens with zero attached hydrogens (tertiary/aromatic N) is 4. The number of amides is 1. The van der Waals surface area contributed by atoms with Gasteiger partial charge in [0.05, 0.1) is 11.4 Å². The van der Waals surface area contributed by atoms with Gasteiger partial charge >= 0.3 is 6.16 Å². The molecule has 1 saturated heterocycles. The molecule has 228 valence electrons. The fourth-order valence-corrected chi connectivity index (χ4v) is 6.23. The van der Waals surface area contributed by atoms with Crippen LogP contribution in [-0.4, -0.2) is 62.9 Å². The van der Waals surface area contributed by atoms with E-state index in [2.05, 4.69) is 21.3 Å². The van der Waals surface area contributed by atoms with Crippen LogP contribution >= 0.6 is 0 Å². The highest BCUT2D eigenvalue weighted by Crippen LogP contribution is 2.34. The second kappa shape index (κ2) is 12.0. The van der Waals surface area contributed by atoms with Crippen LogP contribution in [0.1, 0.15) is 62.4 Å². The smallest absolute Gasteiger partial charge is 0.449 e. The van der Waals surface area contributed by atoms with E-state index in [1.165, 1.54) is 6.07 Å². The first-order chi connectivity index (χ1) is 21.2. The lowest BCUT2D eigenvalue weighted by molar-refractivity contribution is -0.121. The number of carboxylic acid groups (broad SMARTS) is 1. The van der Waals surface area contributed by atoms with Crippen LogP contribution in [-0.2, 0) is 11.3 Å². The molecule has 11 nitrogen and oxygen atoms in total. The largest absolute Gasteiger partial charge is 0.511 e. The summed E-state index contributed by atoms with van der Waals surface area (Å²) in [6.45, 7) is 7.00. The number of fused-ring (bicyclic) bond motifs is 2. The SMILES string of the molecule is CC(C)c1nc2c(OC(=O)O)cc(NC(=O)C3CCN(C4=NCCC4)CC3)cc2n1Cc1ccc2ccc(C(=N)N)cc2c1. The number of hydrogen-bond donors (Lipinski definition) is 4. The monoisotopic (exact) mass is 595 g/mol. The Hall–Kier alpha value is -4.93. The second-order valence-corrected chi connectivity index (χ2v) is 11.9. The van der Waals surface area contributed by atoms with Gasteiger partial charge < -0.3 is 30.4 Å². The second-order valence-electron chi connectivity index (χ2n) is 11.9. The molecule has 3 aromatic carbocycles. The standard InChI is InChI=1S/C33H37N7O4/c1-19(2)31-38-29-26(40(31)18-20-5-6-21-7-8-23(30(34)35)15-24(21)14-20)16-25(17-27(29)44-33(42)43)37-32(41)22-9-12-39(13-10-22)28-4-3-11-36-28/h5-8,14-17,19,22H,3-4,9-13,18H2,1-2H3,(H3,34,35)(H,37,41)(H,42,43). The molecular weight excluding hydrogens is 558 g/mol. The average Bonchev–Trinajstić information content (AvgIpc) is 3.66. The van der Waals surface area contributed by atoms with Gasteiger partial charge in [0, 0.05) is 61.8 Å². The lowest BCUT2D eigenvalue weighted by Crippen LogP contribution is -2.40. The zero-order valence-corrected chi connectivity index (χ0v) is 25.0. The number of nitrogens with two attached hydrogens (primary N) is 1. The van der Waals surface area contributed by atoms with Gasteiger partial charge in [0.2, 0.25) is 5.91 Å². The van der Waals surface area contributed by atoms with E-state index in [1.807, 2.05) is 54.8 Å². The van der Waals surface area contributed by atoms with Gasteiger partial charge in [-0.25, -0.2) is 9.78 Å². The summed E-state index contributed by atoms with van der Waals surface area (Å²) in [5.41, 5.74) is 8.91. The van der Waals surface area contributed by atoms with E-state index in [0.29, 0.717) is 28.8 Å². The van der Waals surface area contributed by atoms with Crippen LogP contribution in [0.4, 0.5) is 10.5 Å². The number of carbonyl (C=O) groups is 2. The fourth-order valence-electron chi connectivity index (χ4n) is 6.23. The van der Waals surface area contributed by atoms with E-state index in [1.54, 1.807) is 0 Å². The summed E-state index contributed by atoms with van der Waals surface area (Å²) in [7, 11) is 0. The Labute approximate surface area is 255 Å². The van der Waals surface area contributed by atoms with Crippen LogP contribution in [0.25, 0.3) is 21.8 Å². The van der Waals surface area contributed by atoms with Crippen molar-refractivity contribution in [1.82, 2.24) is 14.5 Å². The van der Waals surface area contributed by atoms with Gasteiger partial charge in [-0.15, -0.1) is 0 Å². The average molecular weight is 596 g/mol. The number of rotatable bonds is 7. The fraction of sp³-hybridized carbons (Fsp3) is 0.364. The minimum atomic E-state index is -1.45. The first kappa shape index (κ1) is 29.2. The molecule has 0 bridgehead atoms. The van der Waals surface area contributed by atoms with Crippen molar-refractivity contribution in [3.63, 3.8) is 0 Å². The van der Waals surface area contributed by atoms with E-state index < -0.39 is 6.16 Å². The Morgan fingerprint density at radius 3 is 2.57 bits per heavy atom. The molecule has 5 N–H and O–H groups in total. The van der Waals surface area contributed by atoms with Crippen molar-refractivity contribution in [1.29, 1.82) is 5.41 Å². The Balaban J connectivity index is 1.32. The van der Waals surface area contributed by atoms with Gasteiger partial charge in [-0.05, 0) is 53.8 Å². The number of imidazole rings is 1. The minimum absolute atomic E-state index is 0.00862. The topological polar surface area (TPSA) is 159 Å². The predicted molar refractivity (Wildman–Crippen MR) is 171 cm³/mol. The van der Waals surface area contributed by atoms with Crippen LogP contribution in [0.5, 0.6) is 5.75 Å². The number of nitrogen functional groups attached to an aromatic ring is 1. The van der Waals surface area contributed by atoms with E-state index in [4.69, 9.17) is 20.9 Å². The van der Waals surface area contributed by atoms with E-state index in [-0.39, 0.29) is 29.3 Å². The number of piperidine rings is 1. The van der Waals surface area contributed by atoms with Crippen molar-refractivity contribution in [2.75, 3.05) is 25.0 Å². The van der Waals surface area contributed by atoms with Crippen molar-refractivity contribution in [2.24, 2.45) is 16.6 Å². The number of benzene rings is 3. The van der Waals surface area contributed by atoms with Crippen molar-refractivity contribution in [2.45, 2.75) is 52.0 Å². The number of amidine groups is 2. The highest BCUT2D eigenvalue weighted by atomic mass is 16.7. The summed E-state index contributed by atoms with van der Waals surface area (Å²) in [6.07, 6.45) is 2.11. The zero-order chi connectivity index (χ0) is 31.0. The third kappa shape index (κ3) is 5.95. The summed E-state index contributed by atoms with van der Waals surface area (Å²) in [6, 6.07) is 15.2. The molecule has 2 aliphatic heterocycles. The number of ether oxygens (including phenoxy) is 1. The van der Waals surface area contributed by atoms with Gasteiger partial charge in [-0.3, -0.25) is 15.2 Å². The number of nitrogens with one attached hydrogen (secondary N) is 2.